The number of rotatable bonds is 4. The molecule has 1 unspecified atom stereocenters. The Morgan fingerprint density at radius 1 is 1.30 bits per heavy atom. The summed E-state index contributed by atoms with van der Waals surface area (Å²) in [6.45, 7) is 9.78. The van der Waals surface area contributed by atoms with Gasteiger partial charge in [0, 0.05) is 35.3 Å². The van der Waals surface area contributed by atoms with Gasteiger partial charge >= 0.3 is 0 Å². The summed E-state index contributed by atoms with van der Waals surface area (Å²) in [4.78, 5) is 9.60. The number of anilines is 1. The normalized spacial score (nSPS) is 19.9. The zero-order chi connectivity index (χ0) is 14.6. The molecule has 0 bridgehead atoms. The Morgan fingerprint density at radius 3 is 2.70 bits per heavy atom. The van der Waals surface area contributed by atoms with Gasteiger partial charge in [-0.3, -0.25) is 0 Å². The van der Waals surface area contributed by atoms with Crippen molar-refractivity contribution in [3.8, 4) is 0 Å². The minimum atomic E-state index is 0.0623. The van der Waals surface area contributed by atoms with Crippen molar-refractivity contribution in [1.82, 2.24) is 9.97 Å². The number of hydrogen-bond acceptors (Lipinski definition) is 5. The topological polar surface area (TPSA) is 37.8 Å². The summed E-state index contributed by atoms with van der Waals surface area (Å²) >= 11 is 4.01. The van der Waals surface area contributed by atoms with Gasteiger partial charge in [0.15, 0.2) is 0 Å². The van der Waals surface area contributed by atoms with Crippen molar-refractivity contribution in [2.24, 2.45) is 0 Å². The second kappa shape index (κ2) is 7.03. The predicted octanol–water partition coefficient (Wildman–Crippen LogP) is 4.12. The van der Waals surface area contributed by atoms with Crippen molar-refractivity contribution < 1.29 is 0 Å². The number of nitrogens with zero attached hydrogens (tertiary/aromatic N) is 2. The van der Waals surface area contributed by atoms with E-state index in [4.69, 9.17) is 9.97 Å². The molecule has 1 aliphatic heterocycles. The van der Waals surface area contributed by atoms with Crippen LogP contribution < -0.4 is 5.32 Å². The molecule has 1 fully saturated rings. The third-order valence-corrected chi connectivity index (χ3v) is 5.92. The van der Waals surface area contributed by atoms with E-state index in [0.717, 1.165) is 36.1 Å². The second-order valence-corrected chi connectivity index (χ2v) is 8.57. The van der Waals surface area contributed by atoms with Crippen LogP contribution in [-0.4, -0.2) is 33.8 Å². The van der Waals surface area contributed by atoms with Crippen LogP contribution in [0.2, 0.25) is 0 Å². The van der Waals surface area contributed by atoms with Crippen LogP contribution in [0.4, 0.5) is 5.82 Å². The maximum atomic E-state index is 4.85. The van der Waals surface area contributed by atoms with Gasteiger partial charge in [-0.1, -0.05) is 27.7 Å². The molecule has 20 heavy (non-hydrogen) atoms. The van der Waals surface area contributed by atoms with Gasteiger partial charge in [-0.2, -0.15) is 11.8 Å². The smallest absolute Gasteiger partial charge is 0.144 e. The summed E-state index contributed by atoms with van der Waals surface area (Å²) in [5.74, 6) is 5.58. The summed E-state index contributed by atoms with van der Waals surface area (Å²) in [7, 11) is 0. The fraction of sp³-hybridized carbons (Fsp3) is 0.733. The highest BCUT2D eigenvalue weighted by atomic mass is 32.2. The molecule has 0 aromatic carbocycles. The average Bonchev–Trinajstić information content (AvgIpc) is 2.45. The molecule has 0 aliphatic carbocycles. The van der Waals surface area contributed by atoms with Crippen LogP contribution in [-0.2, 0) is 5.41 Å². The van der Waals surface area contributed by atoms with Crippen molar-refractivity contribution >= 4 is 29.3 Å². The Morgan fingerprint density at radius 2 is 2.10 bits per heavy atom. The Kier molecular flexibility index (Phi) is 5.61. The van der Waals surface area contributed by atoms with Crippen LogP contribution in [0.5, 0.6) is 0 Å². The molecule has 0 spiro atoms. The van der Waals surface area contributed by atoms with Crippen LogP contribution in [0.25, 0.3) is 0 Å². The lowest BCUT2D eigenvalue weighted by Crippen LogP contribution is -2.19. The Labute approximate surface area is 131 Å². The van der Waals surface area contributed by atoms with E-state index in [-0.39, 0.29) is 5.41 Å². The number of aromatic nitrogens is 2. The highest BCUT2D eigenvalue weighted by Crippen LogP contribution is 2.36. The molecular formula is C15H25N3S2. The minimum Gasteiger partial charge on any atom is -0.370 e. The molecule has 112 valence electrons. The Hall–Kier alpha value is -0.420. The second-order valence-electron chi connectivity index (χ2n) is 6.11. The molecule has 0 saturated carbocycles. The fourth-order valence-corrected chi connectivity index (χ4v) is 4.57. The van der Waals surface area contributed by atoms with Crippen LogP contribution in [0.3, 0.4) is 0 Å². The molecular weight excluding hydrogens is 286 g/mol. The van der Waals surface area contributed by atoms with Gasteiger partial charge in [0.2, 0.25) is 0 Å². The van der Waals surface area contributed by atoms with Gasteiger partial charge in [-0.05, 0) is 6.42 Å². The summed E-state index contributed by atoms with van der Waals surface area (Å²) in [6, 6.07) is 2.11. The zero-order valence-corrected chi connectivity index (χ0v) is 14.5. The molecule has 0 amide bonds. The van der Waals surface area contributed by atoms with Gasteiger partial charge < -0.3 is 5.32 Å². The molecule has 1 atom stereocenters. The first-order valence-electron chi connectivity index (χ1n) is 7.33. The molecule has 1 aromatic heterocycles. The molecule has 1 aromatic rings. The van der Waals surface area contributed by atoms with Crippen molar-refractivity contribution in [3.05, 3.63) is 17.6 Å². The van der Waals surface area contributed by atoms with Gasteiger partial charge in [0.25, 0.3) is 0 Å². The number of nitrogens with one attached hydrogen (secondary N) is 1. The van der Waals surface area contributed by atoms with Crippen LogP contribution >= 0.6 is 23.5 Å². The number of thioether (sulfide) groups is 2. The molecule has 2 rings (SSSR count). The molecule has 1 aliphatic rings. The third-order valence-electron chi connectivity index (χ3n) is 3.17. The molecule has 2 heterocycles. The molecule has 1 saturated heterocycles. The summed E-state index contributed by atoms with van der Waals surface area (Å²) in [5.41, 5.74) is 1.20. The minimum absolute atomic E-state index is 0.0623. The van der Waals surface area contributed by atoms with E-state index in [1.807, 2.05) is 23.5 Å². The van der Waals surface area contributed by atoms with Crippen molar-refractivity contribution in [3.63, 3.8) is 0 Å². The molecule has 0 radical (unpaired) electrons. The van der Waals surface area contributed by atoms with Crippen molar-refractivity contribution in [2.75, 3.05) is 29.1 Å². The first-order valence-corrected chi connectivity index (χ1v) is 9.53. The highest BCUT2D eigenvalue weighted by molar-refractivity contribution is 8.06. The van der Waals surface area contributed by atoms with E-state index in [1.54, 1.807) is 0 Å². The SMILES string of the molecule is CCCNc1cc(C(C)(C)C)nc(C2CSCCS2)n1. The monoisotopic (exact) mass is 311 g/mol. The lowest BCUT2D eigenvalue weighted by molar-refractivity contribution is 0.562. The maximum absolute atomic E-state index is 4.85. The summed E-state index contributed by atoms with van der Waals surface area (Å²) in [5, 5.41) is 3.86. The van der Waals surface area contributed by atoms with E-state index in [1.165, 1.54) is 11.5 Å². The molecule has 3 nitrogen and oxygen atoms in total. The molecule has 5 heteroatoms. The van der Waals surface area contributed by atoms with E-state index in [2.05, 4.69) is 39.1 Å². The molecule has 1 N–H and O–H groups in total. The average molecular weight is 312 g/mol. The Bertz CT molecular complexity index is 437. The lowest BCUT2D eigenvalue weighted by atomic mass is 9.92. The van der Waals surface area contributed by atoms with E-state index >= 15 is 0 Å². The third kappa shape index (κ3) is 4.29. The van der Waals surface area contributed by atoms with E-state index in [0.29, 0.717) is 5.25 Å². The largest absolute Gasteiger partial charge is 0.370 e. The highest BCUT2D eigenvalue weighted by Gasteiger charge is 2.23. The van der Waals surface area contributed by atoms with Crippen molar-refractivity contribution in [2.45, 2.75) is 44.8 Å². The summed E-state index contributed by atoms with van der Waals surface area (Å²) in [6.07, 6.45) is 1.11. The standard InChI is InChI=1S/C15H25N3S2/c1-5-6-16-13-9-12(15(2,3)4)17-14(18-13)11-10-19-7-8-20-11/h9,11H,5-8,10H2,1-4H3,(H,16,17,18). The van der Waals surface area contributed by atoms with Gasteiger partial charge in [0.05, 0.1) is 10.9 Å². The Balaban J connectivity index is 2.29. The van der Waals surface area contributed by atoms with Crippen LogP contribution in [0.15, 0.2) is 6.07 Å². The van der Waals surface area contributed by atoms with Crippen LogP contribution in [0.1, 0.15) is 50.9 Å². The zero-order valence-electron chi connectivity index (χ0n) is 12.9. The van der Waals surface area contributed by atoms with Crippen molar-refractivity contribution in [1.29, 1.82) is 0 Å². The first kappa shape index (κ1) is 16.0. The lowest BCUT2D eigenvalue weighted by Gasteiger charge is -2.24. The first-order chi connectivity index (χ1) is 9.50. The van der Waals surface area contributed by atoms with Gasteiger partial charge in [0.1, 0.15) is 11.6 Å². The summed E-state index contributed by atoms with van der Waals surface area (Å²) < 4.78 is 0. The predicted molar refractivity (Wildman–Crippen MR) is 92.0 cm³/mol. The van der Waals surface area contributed by atoms with E-state index in [9.17, 15) is 0 Å². The fourth-order valence-electron chi connectivity index (χ4n) is 1.97. The van der Waals surface area contributed by atoms with Gasteiger partial charge in [-0.25, -0.2) is 9.97 Å². The van der Waals surface area contributed by atoms with Gasteiger partial charge in [-0.15, -0.1) is 11.8 Å². The quantitative estimate of drug-likeness (QED) is 0.905. The maximum Gasteiger partial charge on any atom is 0.144 e. The number of hydrogen-bond donors (Lipinski definition) is 1. The van der Waals surface area contributed by atoms with Crippen LogP contribution in [0, 0.1) is 0 Å². The van der Waals surface area contributed by atoms with E-state index < -0.39 is 0 Å².